The highest BCUT2D eigenvalue weighted by Gasteiger charge is 2.23. The Morgan fingerprint density at radius 2 is 1.82 bits per heavy atom. The van der Waals surface area contributed by atoms with Crippen LogP contribution in [0.3, 0.4) is 0 Å². The van der Waals surface area contributed by atoms with Gasteiger partial charge in [-0.2, -0.15) is 16.0 Å². The number of hydrogen-bond acceptors (Lipinski definition) is 5. The lowest BCUT2D eigenvalue weighted by Crippen LogP contribution is -2.24. The highest BCUT2D eigenvalue weighted by atomic mass is 32.2. The molecular formula is C31H32N4O3S. The Balaban J connectivity index is 1.39. The zero-order valence-corrected chi connectivity index (χ0v) is 23.1. The van der Waals surface area contributed by atoms with Crippen LogP contribution in [0.15, 0.2) is 100 Å². The summed E-state index contributed by atoms with van der Waals surface area (Å²) in [5.74, 6) is 1.48. The maximum absolute atomic E-state index is 11.5. The molecule has 1 aliphatic rings. The van der Waals surface area contributed by atoms with E-state index < -0.39 is 17.0 Å². The molecule has 1 aromatic heterocycles. The number of fused-ring (bicyclic) bond motifs is 1. The van der Waals surface area contributed by atoms with E-state index in [4.69, 9.17) is 4.74 Å². The van der Waals surface area contributed by atoms with Gasteiger partial charge in [-0.1, -0.05) is 60.7 Å². The number of anilines is 1. The summed E-state index contributed by atoms with van der Waals surface area (Å²) in [6.45, 7) is 4.92. The zero-order valence-electron chi connectivity index (χ0n) is 22.2. The average molecular weight is 541 g/mol. The molecule has 2 N–H and O–H groups in total. The van der Waals surface area contributed by atoms with Crippen LogP contribution in [-0.2, 0) is 13.2 Å². The predicted octanol–water partition coefficient (Wildman–Crippen LogP) is 6.90. The van der Waals surface area contributed by atoms with Crippen molar-refractivity contribution in [2.24, 2.45) is 0 Å². The Kier molecular flexibility index (Phi) is 7.84. The van der Waals surface area contributed by atoms with Crippen LogP contribution in [0.4, 0.5) is 10.6 Å². The van der Waals surface area contributed by atoms with Crippen molar-refractivity contribution >= 4 is 33.6 Å². The minimum Gasteiger partial charge on any atom is -0.489 e. The molecule has 8 heteroatoms. The molecular weight excluding hydrogens is 508 g/mol. The molecule has 0 radical (unpaired) electrons. The molecule has 39 heavy (non-hydrogen) atoms. The average Bonchev–Trinajstić information content (AvgIpc) is 3.44. The van der Waals surface area contributed by atoms with Crippen molar-refractivity contribution in [1.82, 2.24) is 15.1 Å². The van der Waals surface area contributed by atoms with E-state index in [1.807, 2.05) is 73.7 Å². The first kappa shape index (κ1) is 26.3. The number of nitrogens with one attached hydrogen (secondary N) is 1. The first-order valence-electron chi connectivity index (χ1n) is 12.8. The van der Waals surface area contributed by atoms with Gasteiger partial charge in [0, 0.05) is 24.4 Å². The molecule has 5 rings (SSSR count). The number of thiol groups is 1. The Hall–Kier alpha value is -4.30. The standard InChI is InChI=1S/C31H32N4O3S/c1-21-26-16-15-25(38-20-23-10-5-4-6-11-23)18-27(26)30(34-33-21)32-22(2)28-14-9-17-39(28)29-13-8-7-12-24(29)19-35(3)31(36)37/h4-18,22,39H,19-20H2,1-3H3,(H,32,34)(H,36,37)/t22-/m1/s1. The monoisotopic (exact) mass is 540 g/mol. The fourth-order valence-corrected chi connectivity index (χ4v) is 6.95. The lowest BCUT2D eigenvalue weighted by atomic mass is 10.1. The molecule has 0 bridgehead atoms. The third-order valence-corrected chi connectivity index (χ3v) is 9.26. The number of carbonyl (C=O) groups is 1. The summed E-state index contributed by atoms with van der Waals surface area (Å²) in [7, 11) is 0.823. The summed E-state index contributed by atoms with van der Waals surface area (Å²) in [6, 6.07) is 24.2. The third kappa shape index (κ3) is 5.91. The molecule has 1 unspecified atom stereocenters. The van der Waals surface area contributed by atoms with Gasteiger partial charge in [0.25, 0.3) is 0 Å². The van der Waals surface area contributed by atoms with Crippen LogP contribution in [-0.4, -0.2) is 39.4 Å². The molecule has 200 valence electrons. The lowest BCUT2D eigenvalue weighted by Gasteiger charge is -2.28. The largest absolute Gasteiger partial charge is 0.489 e. The minimum absolute atomic E-state index is 0.0227. The van der Waals surface area contributed by atoms with Gasteiger partial charge in [0.2, 0.25) is 0 Å². The van der Waals surface area contributed by atoms with Crippen LogP contribution >= 0.6 is 10.9 Å². The van der Waals surface area contributed by atoms with E-state index in [2.05, 4.69) is 46.1 Å². The molecule has 7 nitrogen and oxygen atoms in total. The van der Waals surface area contributed by atoms with Crippen molar-refractivity contribution in [2.75, 3.05) is 12.4 Å². The molecule has 0 aliphatic carbocycles. The third-order valence-electron chi connectivity index (χ3n) is 6.75. The normalized spacial score (nSPS) is 16.1. The second kappa shape index (κ2) is 11.6. The molecule has 1 aliphatic heterocycles. The molecule has 0 saturated heterocycles. The molecule has 1 amide bonds. The van der Waals surface area contributed by atoms with E-state index in [9.17, 15) is 9.90 Å². The van der Waals surface area contributed by atoms with Crippen molar-refractivity contribution in [2.45, 2.75) is 37.9 Å². The number of benzene rings is 3. The fraction of sp³-hybridized carbons (Fsp3) is 0.194. The number of allylic oxidation sites excluding steroid dienone is 2. The molecule has 0 fully saturated rings. The van der Waals surface area contributed by atoms with Gasteiger partial charge in [0.1, 0.15) is 12.4 Å². The second-order valence-electron chi connectivity index (χ2n) is 9.55. The van der Waals surface area contributed by atoms with Gasteiger partial charge in [0.05, 0.1) is 11.7 Å². The van der Waals surface area contributed by atoms with Crippen LogP contribution in [0.2, 0.25) is 0 Å². The molecule has 0 saturated carbocycles. The summed E-state index contributed by atoms with van der Waals surface area (Å²) in [5, 5.41) is 26.1. The van der Waals surface area contributed by atoms with Gasteiger partial charge in [-0.25, -0.2) is 4.79 Å². The quantitative estimate of drug-likeness (QED) is 0.200. The maximum Gasteiger partial charge on any atom is 0.407 e. The Morgan fingerprint density at radius 1 is 1.05 bits per heavy atom. The Labute approximate surface area is 231 Å². The number of hydrogen-bond donors (Lipinski definition) is 3. The molecule has 4 aromatic rings. The van der Waals surface area contributed by atoms with Gasteiger partial charge < -0.3 is 20.1 Å². The van der Waals surface area contributed by atoms with Crippen LogP contribution in [0.5, 0.6) is 5.75 Å². The van der Waals surface area contributed by atoms with E-state index in [0.717, 1.165) is 38.2 Å². The topological polar surface area (TPSA) is 87.6 Å². The van der Waals surface area contributed by atoms with Crippen molar-refractivity contribution in [3.05, 3.63) is 112 Å². The van der Waals surface area contributed by atoms with Crippen LogP contribution in [0, 0.1) is 6.92 Å². The van der Waals surface area contributed by atoms with Gasteiger partial charge >= 0.3 is 6.09 Å². The highest BCUT2D eigenvalue weighted by molar-refractivity contribution is 8.23. The number of rotatable bonds is 9. The summed E-state index contributed by atoms with van der Waals surface area (Å²) in [4.78, 5) is 15.2. The van der Waals surface area contributed by atoms with Crippen LogP contribution < -0.4 is 10.1 Å². The van der Waals surface area contributed by atoms with Gasteiger partial charge in [-0.15, -0.1) is 5.10 Å². The number of carboxylic acid groups (broad SMARTS) is 1. The molecule has 2 atom stereocenters. The highest BCUT2D eigenvalue weighted by Crippen LogP contribution is 2.51. The van der Waals surface area contributed by atoms with Gasteiger partial charge in [0.15, 0.2) is 5.82 Å². The summed E-state index contributed by atoms with van der Waals surface area (Å²) in [6.07, 6.45) is 3.30. The van der Waals surface area contributed by atoms with E-state index >= 15 is 0 Å². The van der Waals surface area contributed by atoms with Crippen molar-refractivity contribution in [3.63, 3.8) is 0 Å². The number of amides is 1. The SMILES string of the molecule is Cc1nnc(N[C@H](C)C2=CC=C[SH]2c2ccccc2CN(C)C(=O)O)c2cc(OCc3ccccc3)ccc12. The van der Waals surface area contributed by atoms with E-state index in [0.29, 0.717) is 19.0 Å². The lowest BCUT2D eigenvalue weighted by molar-refractivity contribution is 0.153. The fourth-order valence-electron chi connectivity index (χ4n) is 4.65. The maximum atomic E-state index is 11.5. The molecule has 3 aromatic carbocycles. The van der Waals surface area contributed by atoms with E-state index in [1.54, 1.807) is 7.05 Å². The number of aromatic nitrogens is 2. The van der Waals surface area contributed by atoms with Crippen molar-refractivity contribution in [1.29, 1.82) is 0 Å². The van der Waals surface area contributed by atoms with Crippen molar-refractivity contribution in [3.8, 4) is 5.75 Å². The summed E-state index contributed by atoms with van der Waals surface area (Å²) >= 11 is 0. The smallest absolute Gasteiger partial charge is 0.407 e. The Morgan fingerprint density at radius 3 is 2.62 bits per heavy atom. The van der Waals surface area contributed by atoms with E-state index in [-0.39, 0.29) is 6.04 Å². The van der Waals surface area contributed by atoms with Gasteiger partial charge in [-0.05, 0) is 64.4 Å². The summed E-state index contributed by atoms with van der Waals surface area (Å²) in [5.41, 5.74) is 2.98. The van der Waals surface area contributed by atoms with Crippen LogP contribution in [0.1, 0.15) is 23.7 Å². The summed E-state index contributed by atoms with van der Waals surface area (Å²) < 4.78 is 6.10. The van der Waals surface area contributed by atoms with Gasteiger partial charge in [-0.3, -0.25) is 0 Å². The number of nitrogens with zero attached hydrogens (tertiary/aromatic N) is 3. The van der Waals surface area contributed by atoms with Crippen LogP contribution in [0.25, 0.3) is 10.8 Å². The first-order valence-corrected chi connectivity index (χ1v) is 14.2. The van der Waals surface area contributed by atoms with Crippen molar-refractivity contribution < 1.29 is 14.6 Å². The molecule has 2 heterocycles. The number of ether oxygens (including phenoxy) is 1. The van der Waals surface area contributed by atoms with E-state index in [1.165, 1.54) is 9.81 Å². The zero-order chi connectivity index (χ0) is 27.4. The molecule has 0 spiro atoms. The first-order chi connectivity index (χ1) is 18.9. The predicted molar refractivity (Wildman–Crippen MR) is 159 cm³/mol. The Bertz CT molecular complexity index is 1550. The number of aryl methyl sites for hydroxylation is 1. The second-order valence-corrected chi connectivity index (χ2v) is 11.6. The minimum atomic E-state index is -0.942.